The first-order valence-electron chi connectivity index (χ1n) is 39.3. The third-order valence-electron chi connectivity index (χ3n) is 19.2. The molecule has 15 aromatic rings. The van der Waals surface area contributed by atoms with Crippen molar-refractivity contribution in [3.05, 3.63) is 234 Å². The van der Waals surface area contributed by atoms with Crippen LogP contribution in [0.5, 0.6) is 0 Å². The van der Waals surface area contributed by atoms with Gasteiger partial charge in [-0.1, -0.05) is 39.0 Å². The number of nitrogens with one attached hydrogen (secondary N) is 1. The Kier molecular flexibility index (Phi) is 33.7. The smallest absolute Gasteiger partial charge is 0.379 e. The zero-order chi connectivity index (χ0) is 99.5. The van der Waals surface area contributed by atoms with Crippen molar-refractivity contribution in [1.29, 1.82) is 0 Å². The molecule has 52 heteroatoms. The van der Waals surface area contributed by atoms with Crippen molar-refractivity contribution in [2.75, 3.05) is 63.0 Å². The number of rotatable bonds is 31. The van der Waals surface area contributed by atoms with Gasteiger partial charge in [0.2, 0.25) is 22.4 Å². The number of methoxy groups -OCH3 is 7. The number of aromatic nitrogens is 15. The minimum atomic E-state index is -0.875. The van der Waals surface area contributed by atoms with Gasteiger partial charge in [-0.25, -0.2) is 65.5 Å². The molecule has 10 aromatic heterocycles. The van der Waals surface area contributed by atoms with Crippen molar-refractivity contribution in [1.82, 2.24) is 72.4 Å². The van der Waals surface area contributed by atoms with Gasteiger partial charge in [-0.3, -0.25) is 33.6 Å². The van der Waals surface area contributed by atoms with Gasteiger partial charge in [-0.2, -0.15) is 18.7 Å². The SMILES string of the molecule is COC(=O)COCn1cc(C(=O)c2nc(C(=O)OC)no2)c2cc(F)ccc21.COC(=O)COCn1cc(C(=O)c2nc(C(=O)OC)ns2)c2cc(F)ccc21.COC(=O)c1nnc(C(=O)c2c[nH]c3ccc(F)cc23)s1.COC(=O)c1noc(C(=O)c2cn(COC(=O)C(N)C(C)C)c3ccc(F)cc23)n1.COC(=O)c1nsc(C(=O)c2cn(COC(=O)C(N)C(C)C)c3ccc(F)cc23)n1. The molecule has 2 atom stereocenters. The Morgan fingerprint density at radius 1 is 0.380 bits per heavy atom. The lowest BCUT2D eigenvalue weighted by Gasteiger charge is -2.15. The first kappa shape index (κ1) is 101. The molecule has 0 fully saturated rings. The Bertz CT molecular complexity index is 6800. The molecule has 0 amide bonds. The summed E-state index contributed by atoms with van der Waals surface area (Å²) >= 11 is 2.29. The summed E-state index contributed by atoms with van der Waals surface area (Å²) in [6, 6.07) is 18.0. The Morgan fingerprint density at radius 2 is 0.701 bits per heavy atom. The van der Waals surface area contributed by atoms with E-state index in [-0.39, 0.29) is 122 Å². The van der Waals surface area contributed by atoms with Crippen molar-refractivity contribution in [2.45, 2.75) is 66.7 Å². The largest absolute Gasteiger partial charge is 0.467 e. The van der Waals surface area contributed by atoms with Crippen LogP contribution in [0, 0.1) is 40.9 Å². The Hall–Kier alpha value is -16.2. The van der Waals surface area contributed by atoms with E-state index in [0.29, 0.717) is 43.7 Å². The number of halogens is 5. The highest BCUT2D eigenvalue weighted by Crippen LogP contribution is 2.32. The highest BCUT2D eigenvalue weighted by Gasteiger charge is 2.32. The fourth-order valence-corrected chi connectivity index (χ4v) is 14.0. The molecular weight excluding hydrogens is 1880 g/mol. The molecule has 0 spiro atoms. The maximum atomic E-state index is 13.8. The number of fused-ring (bicyclic) bond motifs is 5. The third-order valence-corrected chi connectivity index (χ3v) is 21.5. The molecule has 2 unspecified atom stereocenters. The Labute approximate surface area is 777 Å². The number of ether oxygens (including phenoxy) is 11. The fraction of sp³-hybridized carbons (Fsp3) is 0.247. The van der Waals surface area contributed by atoms with Gasteiger partial charge in [0.15, 0.2) is 28.5 Å². The number of hydrogen-bond donors (Lipinski definition) is 3. The highest BCUT2D eigenvalue weighted by atomic mass is 32.1. The van der Waals surface area contributed by atoms with E-state index < -0.39 is 147 Å². The predicted molar refractivity (Wildman–Crippen MR) is 462 cm³/mol. The Balaban J connectivity index is 0.000000165. The quantitative estimate of drug-likeness (QED) is 0.0158. The molecule has 0 aliphatic heterocycles. The second-order valence-electron chi connectivity index (χ2n) is 28.6. The molecule has 0 bridgehead atoms. The molecule has 0 aliphatic carbocycles. The van der Waals surface area contributed by atoms with Crippen LogP contribution in [0.25, 0.3) is 54.5 Å². The molecule has 15 rings (SSSR count). The fourth-order valence-electron chi connectivity index (χ4n) is 12.1. The standard InChI is InChI=1S/C19H19FN4O6.C19H19FN4O5S.C17H14FN3O7.C17H14FN3O6S.C13H8FN3O3S/c2*1-9(2)14(21)18(26)29-8-24-7-12(11-6-10(20)4-5-13(11)24)15(25)17-22-16(23-30-17)19(27)28-3;2*1-25-13(22)7-27-8-21-6-11(10-5-9(18)3-4-12(10)21)14(23)16-19-15(20-28-16)17(24)26-2;1-20-13(19)12-17-16-11(21-12)10(18)8-5-15-9-3-2-6(14)4-7(8)9/h2*4-7,9,14H,8,21H2,1-3H3;2*3-6H,7-8H2,1-2H3;2-5,15H,1H3. The van der Waals surface area contributed by atoms with Crippen LogP contribution >= 0.6 is 34.4 Å². The van der Waals surface area contributed by atoms with Gasteiger partial charge in [0.1, 0.15) is 67.8 Å². The van der Waals surface area contributed by atoms with Crippen LogP contribution in [0.1, 0.15) is 159 Å². The molecule has 0 saturated heterocycles. The number of esters is 9. The number of H-pyrrole nitrogens is 1. The Morgan fingerprint density at radius 3 is 1.05 bits per heavy atom. The predicted octanol–water partition coefficient (Wildman–Crippen LogP) is 9.10. The summed E-state index contributed by atoms with van der Waals surface area (Å²) in [5.41, 5.74) is 14.7. The van der Waals surface area contributed by atoms with E-state index in [9.17, 15) is 89.1 Å². The van der Waals surface area contributed by atoms with Gasteiger partial charge < -0.3 is 95.9 Å². The van der Waals surface area contributed by atoms with E-state index in [1.807, 2.05) is 0 Å². The summed E-state index contributed by atoms with van der Waals surface area (Å²) < 4.78 is 144. The summed E-state index contributed by atoms with van der Waals surface area (Å²) in [4.78, 5) is 185. The molecule has 0 radical (unpaired) electrons. The van der Waals surface area contributed by atoms with E-state index in [4.69, 9.17) is 39.5 Å². The van der Waals surface area contributed by atoms with Gasteiger partial charge in [0.25, 0.3) is 46.6 Å². The van der Waals surface area contributed by atoms with Crippen molar-refractivity contribution in [2.24, 2.45) is 23.3 Å². The first-order chi connectivity index (χ1) is 65.4. The molecule has 5 N–H and O–H groups in total. The number of ketones is 5. The topological polar surface area (TPSA) is 583 Å². The lowest BCUT2D eigenvalue weighted by Crippen LogP contribution is -2.37. The summed E-state index contributed by atoms with van der Waals surface area (Å²) in [6.45, 7) is 5.96. The van der Waals surface area contributed by atoms with Crippen molar-refractivity contribution >= 4 is 172 Å². The van der Waals surface area contributed by atoms with Crippen molar-refractivity contribution in [3.8, 4) is 0 Å². The number of nitrogens with two attached hydrogens (primary N) is 2. The summed E-state index contributed by atoms with van der Waals surface area (Å²) in [5.74, 6) is -14.3. The van der Waals surface area contributed by atoms with E-state index in [2.05, 4.69) is 87.3 Å². The van der Waals surface area contributed by atoms with Gasteiger partial charge in [0, 0.05) is 63.4 Å². The van der Waals surface area contributed by atoms with Gasteiger partial charge in [-0.15, -0.1) is 10.2 Å². The molecule has 0 aliphatic rings. The third kappa shape index (κ3) is 24.1. The number of carbonyl (C=O) groups excluding carboxylic acids is 14. The first-order valence-corrected chi connectivity index (χ1v) is 41.7. The molecule has 137 heavy (non-hydrogen) atoms. The molecule has 714 valence electrons. The van der Waals surface area contributed by atoms with E-state index in [1.165, 1.54) is 153 Å². The lowest BCUT2D eigenvalue weighted by atomic mass is 10.1. The number of nitrogens with zero attached hydrogens (tertiary/aromatic N) is 14. The monoisotopic (exact) mass is 1960 g/mol. The zero-order valence-corrected chi connectivity index (χ0v) is 75.6. The summed E-state index contributed by atoms with van der Waals surface area (Å²) in [7, 11) is 8.29. The average Bonchev–Trinajstić information content (AvgIpc) is 1.64. The van der Waals surface area contributed by atoms with Crippen LogP contribution in [0.2, 0.25) is 0 Å². The van der Waals surface area contributed by atoms with E-state index in [0.717, 1.165) is 60.8 Å². The number of hydrogen-bond acceptors (Lipinski definition) is 42. The molecule has 44 nitrogen and oxygen atoms in total. The van der Waals surface area contributed by atoms with Crippen LogP contribution in [0.4, 0.5) is 22.0 Å². The molecule has 5 aromatic carbocycles. The second-order valence-corrected chi connectivity index (χ2v) is 31.1. The van der Waals surface area contributed by atoms with Crippen molar-refractivity contribution < 1.29 is 150 Å². The van der Waals surface area contributed by atoms with Gasteiger partial charge >= 0.3 is 53.7 Å². The number of benzene rings is 5. The number of carbonyl (C=O) groups is 14. The molecular formula is C85H74F5N17O27S3. The minimum Gasteiger partial charge on any atom is -0.467 e. The second kappa shape index (κ2) is 45.5. The maximum Gasteiger partial charge on any atom is 0.379 e. The zero-order valence-electron chi connectivity index (χ0n) is 73.2. The molecule has 0 saturated carbocycles. The van der Waals surface area contributed by atoms with Gasteiger partial charge in [0.05, 0.1) is 99.7 Å². The van der Waals surface area contributed by atoms with Crippen LogP contribution < -0.4 is 11.5 Å². The van der Waals surface area contributed by atoms with Crippen molar-refractivity contribution in [3.63, 3.8) is 0 Å². The lowest BCUT2D eigenvalue weighted by molar-refractivity contribution is -0.150. The summed E-state index contributed by atoms with van der Waals surface area (Å²) in [5, 5.41) is 15.6. The molecule has 10 heterocycles. The minimum absolute atomic E-state index is 0.00753. The van der Waals surface area contributed by atoms with Crippen LogP contribution in [-0.2, 0) is 98.2 Å². The van der Waals surface area contributed by atoms with Crippen LogP contribution in [0.3, 0.4) is 0 Å². The highest BCUT2D eigenvalue weighted by molar-refractivity contribution is 7.15. The van der Waals surface area contributed by atoms with E-state index in [1.54, 1.807) is 38.3 Å². The van der Waals surface area contributed by atoms with Gasteiger partial charge in [-0.05, 0) is 136 Å². The van der Waals surface area contributed by atoms with Crippen LogP contribution in [-0.4, -0.2) is 230 Å². The number of aromatic amines is 1. The van der Waals surface area contributed by atoms with Crippen LogP contribution in [0.15, 0.2) is 131 Å². The maximum absolute atomic E-state index is 13.8. The normalized spacial score (nSPS) is 11.4. The average molecular weight is 1960 g/mol. The van der Waals surface area contributed by atoms with E-state index >= 15 is 0 Å². The summed E-state index contributed by atoms with van der Waals surface area (Å²) in [6.07, 6.45) is 7.13.